The summed E-state index contributed by atoms with van der Waals surface area (Å²) < 4.78 is 13.0. The summed E-state index contributed by atoms with van der Waals surface area (Å²) in [5.41, 5.74) is 6.06. The highest BCUT2D eigenvalue weighted by Crippen LogP contribution is 2.20. The molecule has 3 N–H and O–H groups in total. The lowest BCUT2D eigenvalue weighted by molar-refractivity contribution is -0.121. The minimum Gasteiger partial charge on any atom is -0.396 e. The standard InChI is InChI=1S/C13H18FN3O/c1-17-6-2-3-9(8-17)13(18)16-10-4-5-11(14)12(15)7-10/h4-5,7,9H,2-3,6,8,15H2,1H3,(H,16,18). The predicted octanol–water partition coefficient (Wildman–Crippen LogP) is 1.69. The van der Waals surface area contributed by atoms with Crippen LogP contribution in [0.25, 0.3) is 0 Å². The van der Waals surface area contributed by atoms with E-state index in [9.17, 15) is 9.18 Å². The number of halogens is 1. The molecule has 1 heterocycles. The van der Waals surface area contributed by atoms with Gasteiger partial charge in [-0.05, 0) is 44.6 Å². The Hall–Kier alpha value is -1.62. The fraction of sp³-hybridized carbons (Fsp3) is 0.462. The van der Waals surface area contributed by atoms with Gasteiger partial charge >= 0.3 is 0 Å². The van der Waals surface area contributed by atoms with E-state index in [1.165, 1.54) is 18.2 Å². The Bertz CT molecular complexity index is 450. The highest BCUT2D eigenvalue weighted by Gasteiger charge is 2.23. The third-order valence-electron chi connectivity index (χ3n) is 3.26. The second kappa shape index (κ2) is 5.35. The summed E-state index contributed by atoms with van der Waals surface area (Å²) in [6, 6.07) is 4.23. The molecule has 1 unspecified atom stereocenters. The average Bonchev–Trinajstić information content (AvgIpc) is 2.34. The van der Waals surface area contributed by atoms with E-state index in [0.29, 0.717) is 5.69 Å². The van der Waals surface area contributed by atoms with Gasteiger partial charge < -0.3 is 16.0 Å². The van der Waals surface area contributed by atoms with Crippen molar-refractivity contribution in [1.82, 2.24) is 4.90 Å². The van der Waals surface area contributed by atoms with Crippen LogP contribution in [0.5, 0.6) is 0 Å². The van der Waals surface area contributed by atoms with Crippen molar-refractivity contribution in [2.45, 2.75) is 12.8 Å². The minimum atomic E-state index is -0.467. The smallest absolute Gasteiger partial charge is 0.228 e. The summed E-state index contributed by atoms with van der Waals surface area (Å²) in [4.78, 5) is 14.2. The Morgan fingerprint density at radius 1 is 1.56 bits per heavy atom. The number of rotatable bonds is 2. The van der Waals surface area contributed by atoms with Gasteiger partial charge in [0.25, 0.3) is 0 Å². The van der Waals surface area contributed by atoms with Crippen molar-refractivity contribution in [3.8, 4) is 0 Å². The quantitative estimate of drug-likeness (QED) is 0.786. The molecule has 1 aromatic carbocycles. The first-order valence-electron chi connectivity index (χ1n) is 6.10. The van der Waals surface area contributed by atoms with E-state index < -0.39 is 5.82 Å². The molecule has 0 aromatic heterocycles. The molecule has 2 rings (SSSR count). The van der Waals surface area contributed by atoms with Gasteiger partial charge in [-0.3, -0.25) is 4.79 Å². The van der Waals surface area contributed by atoms with Crippen LogP contribution in [-0.4, -0.2) is 30.9 Å². The Balaban J connectivity index is 2.00. The number of hydrogen-bond acceptors (Lipinski definition) is 3. The first-order valence-corrected chi connectivity index (χ1v) is 6.10. The average molecular weight is 251 g/mol. The molecule has 1 aliphatic rings. The fourth-order valence-corrected chi connectivity index (χ4v) is 2.25. The number of nitrogens with one attached hydrogen (secondary N) is 1. The van der Waals surface area contributed by atoms with Gasteiger partial charge in [0.15, 0.2) is 0 Å². The molecule has 1 aromatic rings. The van der Waals surface area contributed by atoms with Crippen LogP contribution in [0.4, 0.5) is 15.8 Å². The Labute approximate surface area is 106 Å². The van der Waals surface area contributed by atoms with E-state index in [0.717, 1.165) is 25.9 Å². The molecule has 1 fully saturated rings. The van der Waals surface area contributed by atoms with Crippen molar-refractivity contribution in [1.29, 1.82) is 0 Å². The zero-order valence-electron chi connectivity index (χ0n) is 10.4. The number of benzene rings is 1. The predicted molar refractivity (Wildman–Crippen MR) is 69.7 cm³/mol. The van der Waals surface area contributed by atoms with Crippen molar-refractivity contribution in [3.63, 3.8) is 0 Å². The highest BCUT2D eigenvalue weighted by molar-refractivity contribution is 5.93. The lowest BCUT2D eigenvalue weighted by Gasteiger charge is -2.28. The lowest BCUT2D eigenvalue weighted by Crippen LogP contribution is -2.38. The molecule has 0 aliphatic carbocycles. The molecule has 4 nitrogen and oxygen atoms in total. The molecule has 1 atom stereocenters. The zero-order chi connectivity index (χ0) is 13.1. The van der Waals surface area contributed by atoms with Crippen LogP contribution >= 0.6 is 0 Å². The molecule has 18 heavy (non-hydrogen) atoms. The number of nitrogen functional groups attached to an aromatic ring is 1. The van der Waals surface area contributed by atoms with Crippen LogP contribution in [0.15, 0.2) is 18.2 Å². The number of carbonyl (C=O) groups excluding carboxylic acids is 1. The van der Waals surface area contributed by atoms with Crippen molar-refractivity contribution in [2.24, 2.45) is 5.92 Å². The maximum absolute atomic E-state index is 13.0. The number of anilines is 2. The van der Waals surface area contributed by atoms with E-state index in [-0.39, 0.29) is 17.5 Å². The number of hydrogen-bond donors (Lipinski definition) is 2. The number of nitrogens with two attached hydrogens (primary N) is 1. The van der Waals surface area contributed by atoms with Crippen molar-refractivity contribution >= 4 is 17.3 Å². The van der Waals surface area contributed by atoms with E-state index in [1.54, 1.807) is 0 Å². The van der Waals surface area contributed by atoms with Crippen LogP contribution in [-0.2, 0) is 4.79 Å². The second-order valence-corrected chi connectivity index (χ2v) is 4.83. The van der Waals surface area contributed by atoms with Crippen LogP contribution in [0.3, 0.4) is 0 Å². The molecule has 98 valence electrons. The van der Waals surface area contributed by atoms with E-state index in [4.69, 9.17) is 5.73 Å². The normalized spacial score (nSPS) is 20.7. The van der Waals surface area contributed by atoms with Crippen LogP contribution in [0, 0.1) is 11.7 Å². The summed E-state index contributed by atoms with van der Waals surface area (Å²) in [7, 11) is 2.01. The molecule has 1 saturated heterocycles. The van der Waals surface area contributed by atoms with Gasteiger partial charge in [0.05, 0.1) is 11.6 Å². The van der Waals surface area contributed by atoms with Gasteiger partial charge in [-0.25, -0.2) is 4.39 Å². The highest BCUT2D eigenvalue weighted by atomic mass is 19.1. The summed E-state index contributed by atoms with van der Waals surface area (Å²) in [5, 5.41) is 2.79. The number of amides is 1. The molecule has 0 saturated carbocycles. The Morgan fingerprint density at radius 2 is 2.33 bits per heavy atom. The molecular formula is C13H18FN3O. The zero-order valence-corrected chi connectivity index (χ0v) is 10.4. The maximum atomic E-state index is 13.0. The second-order valence-electron chi connectivity index (χ2n) is 4.83. The van der Waals surface area contributed by atoms with Gasteiger partial charge in [0.2, 0.25) is 5.91 Å². The number of carbonyl (C=O) groups is 1. The lowest BCUT2D eigenvalue weighted by atomic mass is 9.97. The van der Waals surface area contributed by atoms with Gasteiger partial charge in [-0.15, -0.1) is 0 Å². The summed E-state index contributed by atoms with van der Waals surface area (Å²) >= 11 is 0. The number of nitrogens with zero attached hydrogens (tertiary/aromatic N) is 1. The fourth-order valence-electron chi connectivity index (χ4n) is 2.25. The van der Waals surface area contributed by atoms with Crippen LogP contribution < -0.4 is 11.1 Å². The molecule has 5 heteroatoms. The first kappa shape index (κ1) is 12.8. The van der Waals surface area contributed by atoms with Crippen molar-refractivity contribution in [3.05, 3.63) is 24.0 Å². The Kier molecular flexibility index (Phi) is 3.81. The summed E-state index contributed by atoms with van der Waals surface area (Å²) in [6.45, 7) is 1.80. The van der Waals surface area contributed by atoms with E-state index in [1.807, 2.05) is 7.05 Å². The molecule has 1 aliphatic heterocycles. The maximum Gasteiger partial charge on any atom is 0.228 e. The molecule has 0 spiro atoms. The van der Waals surface area contributed by atoms with Crippen molar-refractivity contribution < 1.29 is 9.18 Å². The van der Waals surface area contributed by atoms with E-state index in [2.05, 4.69) is 10.2 Å². The third-order valence-corrected chi connectivity index (χ3v) is 3.26. The van der Waals surface area contributed by atoms with Gasteiger partial charge in [0, 0.05) is 12.2 Å². The molecule has 1 amide bonds. The summed E-state index contributed by atoms with van der Waals surface area (Å²) in [5.74, 6) is -0.493. The van der Waals surface area contributed by atoms with Crippen molar-refractivity contribution in [2.75, 3.05) is 31.2 Å². The van der Waals surface area contributed by atoms with Gasteiger partial charge in [-0.2, -0.15) is 0 Å². The number of likely N-dealkylation sites (tertiary alicyclic amines) is 1. The first-order chi connectivity index (χ1) is 8.56. The third kappa shape index (κ3) is 2.98. The summed E-state index contributed by atoms with van der Waals surface area (Å²) in [6.07, 6.45) is 1.92. The van der Waals surface area contributed by atoms with Gasteiger partial charge in [-0.1, -0.05) is 0 Å². The molecular weight excluding hydrogens is 233 g/mol. The Morgan fingerprint density at radius 3 is 3.00 bits per heavy atom. The van der Waals surface area contributed by atoms with Gasteiger partial charge in [0.1, 0.15) is 5.82 Å². The van der Waals surface area contributed by atoms with Crippen LogP contribution in [0.2, 0.25) is 0 Å². The monoisotopic (exact) mass is 251 g/mol. The minimum absolute atomic E-state index is 0.00460. The number of piperidine rings is 1. The molecule has 0 radical (unpaired) electrons. The molecule has 0 bridgehead atoms. The topological polar surface area (TPSA) is 58.4 Å². The van der Waals surface area contributed by atoms with Crippen LogP contribution in [0.1, 0.15) is 12.8 Å². The largest absolute Gasteiger partial charge is 0.396 e. The SMILES string of the molecule is CN1CCCC(C(=O)Nc2ccc(F)c(N)c2)C1. The van der Waals surface area contributed by atoms with E-state index >= 15 is 0 Å².